The molecule has 1 aromatic carbocycles. The smallest absolute Gasteiger partial charge is 0.387 e. The van der Waals surface area contributed by atoms with Crippen LogP contribution in [0.5, 0.6) is 5.75 Å². The standard InChI is InChI=1S/C21H26F2N4O5/c22-21(23)32-16-10-12(4-7-15(16)26-8-9-31-11-17(26)28)25-20(30)18(19(24)29)27(14-5-6-14)13-2-1-3-13/h4,7,10,13-14,18,21H,1-3,5-6,8-9,11H2,(H2,24,29)(H,25,30)/t18-/m1/s1. The van der Waals surface area contributed by atoms with Gasteiger partial charge in [0.05, 0.1) is 12.3 Å². The van der Waals surface area contributed by atoms with Crippen molar-refractivity contribution in [3.8, 4) is 5.75 Å². The number of benzene rings is 1. The fourth-order valence-electron chi connectivity index (χ4n) is 4.18. The highest BCUT2D eigenvalue weighted by Crippen LogP contribution is 2.38. The third-order valence-electron chi connectivity index (χ3n) is 6.00. The Morgan fingerprint density at radius 1 is 1.22 bits per heavy atom. The van der Waals surface area contributed by atoms with Crippen molar-refractivity contribution >= 4 is 29.1 Å². The molecule has 0 aromatic heterocycles. The Morgan fingerprint density at radius 2 is 1.94 bits per heavy atom. The van der Waals surface area contributed by atoms with E-state index < -0.39 is 24.5 Å². The number of morpholine rings is 1. The number of primary amides is 1. The molecule has 2 aliphatic carbocycles. The lowest BCUT2D eigenvalue weighted by Gasteiger charge is -2.41. The number of halogens is 2. The summed E-state index contributed by atoms with van der Waals surface area (Å²) in [6.45, 7) is -2.84. The second-order valence-corrected chi connectivity index (χ2v) is 8.22. The number of ether oxygens (including phenoxy) is 2. The van der Waals surface area contributed by atoms with Gasteiger partial charge in [-0.1, -0.05) is 6.42 Å². The topological polar surface area (TPSA) is 114 Å². The number of nitrogens with two attached hydrogens (primary N) is 1. The van der Waals surface area contributed by atoms with Crippen LogP contribution in [0.2, 0.25) is 0 Å². The molecule has 0 unspecified atom stereocenters. The number of nitrogens with one attached hydrogen (secondary N) is 1. The molecule has 0 bridgehead atoms. The van der Waals surface area contributed by atoms with E-state index in [-0.39, 0.29) is 54.9 Å². The predicted molar refractivity (Wildman–Crippen MR) is 110 cm³/mol. The first-order valence-corrected chi connectivity index (χ1v) is 10.7. The van der Waals surface area contributed by atoms with Crippen molar-refractivity contribution in [3.05, 3.63) is 18.2 Å². The van der Waals surface area contributed by atoms with E-state index in [4.69, 9.17) is 10.5 Å². The molecular formula is C21H26F2N4O5. The molecule has 1 aromatic rings. The summed E-state index contributed by atoms with van der Waals surface area (Å²) in [6.07, 6.45) is 4.66. The molecule has 1 aliphatic heterocycles. The molecule has 2 saturated carbocycles. The van der Waals surface area contributed by atoms with E-state index in [0.29, 0.717) is 0 Å². The fraction of sp³-hybridized carbons (Fsp3) is 0.571. The zero-order chi connectivity index (χ0) is 22.8. The second-order valence-electron chi connectivity index (χ2n) is 8.22. The summed E-state index contributed by atoms with van der Waals surface area (Å²) in [7, 11) is 0. The molecule has 1 saturated heterocycles. The number of hydrogen-bond donors (Lipinski definition) is 2. The van der Waals surface area contributed by atoms with Crippen molar-refractivity contribution in [2.75, 3.05) is 30.0 Å². The van der Waals surface area contributed by atoms with E-state index in [2.05, 4.69) is 10.1 Å². The predicted octanol–water partition coefficient (Wildman–Crippen LogP) is 1.46. The molecule has 11 heteroatoms. The zero-order valence-electron chi connectivity index (χ0n) is 17.5. The lowest BCUT2D eigenvalue weighted by Crippen LogP contribution is -2.58. The van der Waals surface area contributed by atoms with E-state index in [1.54, 1.807) is 0 Å². The summed E-state index contributed by atoms with van der Waals surface area (Å²) in [5, 5.41) is 2.61. The monoisotopic (exact) mass is 452 g/mol. The van der Waals surface area contributed by atoms with Gasteiger partial charge < -0.3 is 25.4 Å². The number of carbonyl (C=O) groups is 3. The Morgan fingerprint density at radius 3 is 2.50 bits per heavy atom. The summed E-state index contributed by atoms with van der Waals surface area (Å²) in [6, 6.07) is 3.24. The number of amides is 3. The SMILES string of the molecule is NC(=O)[C@H](C(=O)Nc1ccc(N2CCOCC2=O)c(OC(F)F)c1)N(C1CCC1)C1CC1. The minimum atomic E-state index is -3.13. The van der Waals surface area contributed by atoms with Crippen LogP contribution >= 0.6 is 0 Å². The van der Waals surface area contributed by atoms with Crippen LogP contribution in [0.4, 0.5) is 20.2 Å². The lowest BCUT2D eigenvalue weighted by molar-refractivity contribution is -0.135. The van der Waals surface area contributed by atoms with Crippen molar-refractivity contribution in [3.63, 3.8) is 0 Å². The zero-order valence-corrected chi connectivity index (χ0v) is 17.5. The maximum absolute atomic E-state index is 13.0. The van der Waals surface area contributed by atoms with Crippen LogP contribution in [-0.2, 0) is 19.1 Å². The number of hydrogen-bond acceptors (Lipinski definition) is 6. The number of anilines is 2. The number of carbonyl (C=O) groups excluding carboxylic acids is 3. The second kappa shape index (κ2) is 9.37. The summed E-state index contributed by atoms with van der Waals surface area (Å²) in [5.41, 5.74) is 5.89. The highest BCUT2D eigenvalue weighted by Gasteiger charge is 2.45. The summed E-state index contributed by atoms with van der Waals surface area (Å²) < 4.78 is 35.7. The van der Waals surface area contributed by atoms with Gasteiger partial charge in [0.2, 0.25) is 5.91 Å². The van der Waals surface area contributed by atoms with Crippen LogP contribution in [0.3, 0.4) is 0 Å². The van der Waals surface area contributed by atoms with Gasteiger partial charge in [0.25, 0.3) is 11.8 Å². The molecular weight excluding hydrogens is 426 g/mol. The molecule has 9 nitrogen and oxygen atoms in total. The normalized spacial score (nSPS) is 20.2. The lowest BCUT2D eigenvalue weighted by atomic mass is 9.89. The van der Waals surface area contributed by atoms with E-state index >= 15 is 0 Å². The molecule has 0 radical (unpaired) electrons. The number of rotatable bonds is 9. The molecule has 3 amide bonds. The van der Waals surface area contributed by atoms with Gasteiger partial charge in [-0.05, 0) is 37.8 Å². The molecule has 3 N–H and O–H groups in total. The Balaban J connectivity index is 1.56. The number of alkyl halides is 2. The molecule has 3 aliphatic rings. The van der Waals surface area contributed by atoms with Gasteiger partial charge in [0.15, 0.2) is 11.8 Å². The summed E-state index contributed by atoms with van der Waals surface area (Å²) >= 11 is 0. The first kappa shape index (κ1) is 22.4. The van der Waals surface area contributed by atoms with Gasteiger partial charge in [-0.15, -0.1) is 0 Å². The van der Waals surface area contributed by atoms with Gasteiger partial charge in [0.1, 0.15) is 6.61 Å². The Labute approximate surface area is 183 Å². The molecule has 1 heterocycles. The van der Waals surface area contributed by atoms with E-state index in [1.807, 2.05) is 4.90 Å². The van der Waals surface area contributed by atoms with E-state index in [1.165, 1.54) is 23.1 Å². The van der Waals surface area contributed by atoms with Crippen molar-refractivity contribution in [1.82, 2.24) is 4.90 Å². The summed E-state index contributed by atoms with van der Waals surface area (Å²) in [5.74, 6) is -2.02. The number of nitrogens with zero attached hydrogens (tertiary/aromatic N) is 2. The van der Waals surface area contributed by atoms with Crippen molar-refractivity contribution in [1.29, 1.82) is 0 Å². The first-order chi connectivity index (χ1) is 15.3. The quantitative estimate of drug-likeness (QED) is 0.549. The molecule has 0 spiro atoms. The molecule has 3 fully saturated rings. The Bertz CT molecular complexity index is 891. The van der Waals surface area contributed by atoms with Gasteiger partial charge in [-0.25, -0.2) is 0 Å². The van der Waals surface area contributed by atoms with Crippen molar-refractivity contribution < 1.29 is 32.6 Å². The summed E-state index contributed by atoms with van der Waals surface area (Å²) in [4.78, 5) is 40.5. The van der Waals surface area contributed by atoms with Gasteiger partial charge in [-0.3, -0.25) is 19.3 Å². The van der Waals surface area contributed by atoms with Crippen LogP contribution in [0.15, 0.2) is 18.2 Å². The Kier molecular flexibility index (Phi) is 6.56. The van der Waals surface area contributed by atoms with Gasteiger partial charge >= 0.3 is 6.61 Å². The first-order valence-electron chi connectivity index (χ1n) is 10.7. The van der Waals surface area contributed by atoms with Crippen LogP contribution in [-0.4, -0.2) is 67.1 Å². The van der Waals surface area contributed by atoms with Crippen molar-refractivity contribution in [2.24, 2.45) is 5.73 Å². The van der Waals surface area contributed by atoms with E-state index in [0.717, 1.165) is 32.1 Å². The van der Waals surface area contributed by atoms with Gasteiger partial charge in [-0.2, -0.15) is 8.78 Å². The van der Waals surface area contributed by atoms with Crippen LogP contribution in [0.25, 0.3) is 0 Å². The minimum Gasteiger partial charge on any atom is -0.433 e. The average Bonchev–Trinajstić information content (AvgIpc) is 3.51. The van der Waals surface area contributed by atoms with Crippen molar-refractivity contribution in [2.45, 2.75) is 56.8 Å². The molecule has 4 rings (SSSR count). The minimum absolute atomic E-state index is 0.137. The fourth-order valence-corrected chi connectivity index (χ4v) is 4.18. The third-order valence-corrected chi connectivity index (χ3v) is 6.00. The highest BCUT2D eigenvalue weighted by molar-refractivity contribution is 6.10. The van der Waals surface area contributed by atoms with Crippen LogP contribution in [0, 0.1) is 0 Å². The average molecular weight is 452 g/mol. The molecule has 1 atom stereocenters. The van der Waals surface area contributed by atoms with Crippen LogP contribution < -0.4 is 20.7 Å². The maximum Gasteiger partial charge on any atom is 0.387 e. The highest BCUT2D eigenvalue weighted by atomic mass is 19.3. The largest absolute Gasteiger partial charge is 0.433 e. The van der Waals surface area contributed by atoms with Crippen LogP contribution in [0.1, 0.15) is 32.1 Å². The maximum atomic E-state index is 13.0. The third kappa shape index (κ3) is 4.83. The molecule has 174 valence electrons. The molecule has 32 heavy (non-hydrogen) atoms. The van der Waals surface area contributed by atoms with E-state index in [9.17, 15) is 23.2 Å². The Hall–Kier alpha value is -2.79. The van der Waals surface area contributed by atoms with Gasteiger partial charge in [0, 0.05) is 30.4 Å².